The van der Waals surface area contributed by atoms with Crippen molar-refractivity contribution < 1.29 is 9.47 Å². The van der Waals surface area contributed by atoms with Crippen molar-refractivity contribution in [3.8, 4) is 5.75 Å². The number of ether oxygens (including phenoxy) is 2. The first kappa shape index (κ1) is 13.3. The summed E-state index contributed by atoms with van der Waals surface area (Å²) in [6, 6.07) is 7.54. The van der Waals surface area contributed by atoms with Crippen molar-refractivity contribution in [1.29, 1.82) is 0 Å². The van der Waals surface area contributed by atoms with Gasteiger partial charge >= 0.3 is 0 Å². The summed E-state index contributed by atoms with van der Waals surface area (Å²) in [6.07, 6.45) is 5.87. The second-order valence-corrected chi connectivity index (χ2v) is 4.29. The number of allylic oxidation sites excluding steroid dienone is 1. The fourth-order valence-corrected chi connectivity index (χ4v) is 1.81. The van der Waals surface area contributed by atoms with Gasteiger partial charge in [0.05, 0.1) is 19.9 Å². The highest BCUT2D eigenvalue weighted by atomic mass is 16.5. The maximum absolute atomic E-state index is 5.84. The van der Waals surface area contributed by atoms with Gasteiger partial charge < -0.3 is 20.5 Å². The van der Waals surface area contributed by atoms with Crippen LogP contribution in [-0.2, 0) is 4.74 Å². The molecule has 0 amide bonds. The molecular formula is C14H19N3O2. The van der Waals surface area contributed by atoms with E-state index in [4.69, 9.17) is 15.2 Å². The molecule has 5 nitrogen and oxygen atoms in total. The van der Waals surface area contributed by atoms with Crippen LogP contribution in [0, 0.1) is 0 Å². The fourth-order valence-electron chi connectivity index (χ4n) is 1.81. The minimum absolute atomic E-state index is 0.121. The Morgan fingerprint density at radius 1 is 1.58 bits per heavy atom. The van der Waals surface area contributed by atoms with Crippen LogP contribution in [0.2, 0.25) is 0 Å². The number of benzene rings is 1. The summed E-state index contributed by atoms with van der Waals surface area (Å²) in [5.74, 6) is 1.16. The van der Waals surface area contributed by atoms with E-state index in [1.54, 1.807) is 13.4 Å². The summed E-state index contributed by atoms with van der Waals surface area (Å²) in [5, 5.41) is 3.03. The molecule has 0 aliphatic carbocycles. The number of anilines is 1. The number of guanidine groups is 1. The molecule has 1 aromatic carbocycles. The normalized spacial score (nSPS) is 18.8. The van der Waals surface area contributed by atoms with Crippen LogP contribution in [0.5, 0.6) is 5.75 Å². The maximum atomic E-state index is 5.84. The molecule has 102 valence electrons. The Bertz CT molecular complexity index is 472. The first-order valence-corrected chi connectivity index (χ1v) is 6.29. The molecule has 1 atom stereocenters. The van der Waals surface area contributed by atoms with Gasteiger partial charge in [0.2, 0.25) is 0 Å². The third-order valence-corrected chi connectivity index (χ3v) is 2.83. The summed E-state index contributed by atoms with van der Waals surface area (Å²) in [4.78, 5) is 4.28. The van der Waals surface area contributed by atoms with Crippen molar-refractivity contribution in [2.24, 2.45) is 10.7 Å². The molecule has 0 radical (unpaired) electrons. The molecule has 5 heteroatoms. The van der Waals surface area contributed by atoms with Gasteiger partial charge in [0.25, 0.3) is 0 Å². The molecule has 0 saturated carbocycles. The molecule has 1 unspecified atom stereocenters. The van der Waals surface area contributed by atoms with Crippen molar-refractivity contribution in [2.45, 2.75) is 18.9 Å². The predicted octanol–water partition coefficient (Wildman–Crippen LogP) is 2.11. The third kappa shape index (κ3) is 4.21. The van der Waals surface area contributed by atoms with E-state index in [0.717, 1.165) is 24.3 Å². The van der Waals surface area contributed by atoms with Crippen LogP contribution in [-0.4, -0.2) is 25.7 Å². The molecule has 0 aromatic heterocycles. The van der Waals surface area contributed by atoms with Gasteiger partial charge in [0, 0.05) is 11.8 Å². The molecule has 0 bridgehead atoms. The number of methoxy groups -OCH3 is 1. The Morgan fingerprint density at radius 2 is 2.47 bits per heavy atom. The zero-order valence-corrected chi connectivity index (χ0v) is 11.0. The molecule has 1 aromatic rings. The van der Waals surface area contributed by atoms with Gasteiger partial charge in [-0.05, 0) is 31.1 Å². The van der Waals surface area contributed by atoms with E-state index >= 15 is 0 Å². The van der Waals surface area contributed by atoms with Crippen LogP contribution in [0.4, 0.5) is 5.69 Å². The van der Waals surface area contributed by atoms with Gasteiger partial charge in [-0.2, -0.15) is 0 Å². The van der Waals surface area contributed by atoms with E-state index in [0.29, 0.717) is 12.5 Å². The van der Waals surface area contributed by atoms with Crippen molar-refractivity contribution in [3.63, 3.8) is 0 Å². The minimum atomic E-state index is 0.121. The molecule has 0 fully saturated rings. The molecule has 0 spiro atoms. The Balaban J connectivity index is 1.88. The Labute approximate surface area is 113 Å². The van der Waals surface area contributed by atoms with Gasteiger partial charge in [-0.25, -0.2) is 4.99 Å². The lowest BCUT2D eigenvalue weighted by Gasteiger charge is -2.17. The Kier molecular flexibility index (Phi) is 4.66. The third-order valence-electron chi connectivity index (χ3n) is 2.83. The molecule has 1 aliphatic rings. The molecule has 19 heavy (non-hydrogen) atoms. The van der Waals surface area contributed by atoms with E-state index in [2.05, 4.69) is 10.3 Å². The number of nitrogens with two attached hydrogens (primary N) is 1. The number of aliphatic imine (C=N–C) groups is 1. The molecule has 2 rings (SSSR count). The van der Waals surface area contributed by atoms with E-state index in [9.17, 15) is 0 Å². The van der Waals surface area contributed by atoms with Crippen molar-refractivity contribution >= 4 is 11.6 Å². The summed E-state index contributed by atoms with van der Waals surface area (Å²) in [5.41, 5.74) is 6.69. The van der Waals surface area contributed by atoms with Crippen molar-refractivity contribution in [3.05, 3.63) is 36.6 Å². The lowest BCUT2D eigenvalue weighted by Crippen LogP contribution is -2.25. The highest BCUT2D eigenvalue weighted by molar-refractivity contribution is 5.92. The highest BCUT2D eigenvalue weighted by Crippen LogP contribution is 2.16. The summed E-state index contributed by atoms with van der Waals surface area (Å²) < 4.78 is 10.6. The number of nitrogens with zero attached hydrogens (tertiary/aromatic N) is 1. The zero-order chi connectivity index (χ0) is 13.5. The average Bonchev–Trinajstić information content (AvgIpc) is 2.46. The zero-order valence-electron chi connectivity index (χ0n) is 11.0. The molecule has 3 N–H and O–H groups in total. The number of hydrogen-bond acceptors (Lipinski definition) is 3. The lowest BCUT2D eigenvalue weighted by molar-refractivity contribution is 0.131. The SMILES string of the molecule is COc1cccc(NC(N)=NCC2CCC=CO2)c1. The van der Waals surface area contributed by atoms with Gasteiger partial charge in [0.15, 0.2) is 5.96 Å². The van der Waals surface area contributed by atoms with Gasteiger partial charge in [-0.3, -0.25) is 0 Å². The maximum Gasteiger partial charge on any atom is 0.193 e. The topological polar surface area (TPSA) is 68.9 Å². The van der Waals surface area contributed by atoms with Gasteiger partial charge in [0.1, 0.15) is 11.9 Å². The van der Waals surface area contributed by atoms with Crippen LogP contribution >= 0.6 is 0 Å². The Hall–Kier alpha value is -2.17. The molecular weight excluding hydrogens is 242 g/mol. The fraction of sp³-hybridized carbons (Fsp3) is 0.357. The van der Waals surface area contributed by atoms with Gasteiger partial charge in [-0.1, -0.05) is 6.07 Å². The second-order valence-electron chi connectivity index (χ2n) is 4.29. The second kappa shape index (κ2) is 6.68. The monoisotopic (exact) mass is 261 g/mol. The lowest BCUT2D eigenvalue weighted by atomic mass is 10.2. The van der Waals surface area contributed by atoms with Crippen LogP contribution in [0.3, 0.4) is 0 Å². The van der Waals surface area contributed by atoms with Crippen LogP contribution < -0.4 is 15.8 Å². The number of hydrogen-bond donors (Lipinski definition) is 2. The molecule has 1 heterocycles. The van der Waals surface area contributed by atoms with Crippen LogP contribution in [0.1, 0.15) is 12.8 Å². The largest absolute Gasteiger partial charge is 0.497 e. The van der Waals surface area contributed by atoms with E-state index in [-0.39, 0.29) is 6.10 Å². The first-order valence-electron chi connectivity index (χ1n) is 6.29. The van der Waals surface area contributed by atoms with Crippen LogP contribution in [0.25, 0.3) is 0 Å². The van der Waals surface area contributed by atoms with Crippen molar-refractivity contribution in [2.75, 3.05) is 19.0 Å². The molecule has 0 saturated heterocycles. The van der Waals surface area contributed by atoms with E-state index in [1.165, 1.54) is 0 Å². The summed E-state index contributed by atoms with van der Waals surface area (Å²) in [7, 11) is 1.63. The van der Waals surface area contributed by atoms with E-state index in [1.807, 2.05) is 30.3 Å². The molecule has 1 aliphatic heterocycles. The highest BCUT2D eigenvalue weighted by Gasteiger charge is 2.09. The standard InChI is InChI=1S/C14H19N3O2/c1-18-12-7-4-5-11(9-12)17-14(15)16-10-13-6-2-3-8-19-13/h3-5,7-9,13H,2,6,10H2,1H3,(H3,15,16,17). The summed E-state index contributed by atoms with van der Waals surface area (Å²) >= 11 is 0. The first-order chi connectivity index (χ1) is 9.28. The smallest absolute Gasteiger partial charge is 0.193 e. The number of rotatable bonds is 4. The number of nitrogens with one attached hydrogen (secondary N) is 1. The quantitative estimate of drug-likeness (QED) is 0.643. The summed E-state index contributed by atoms with van der Waals surface area (Å²) in [6.45, 7) is 0.563. The van der Waals surface area contributed by atoms with Gasteiger partial charge in [-0.15, -0.1) is 0 Å². The average molecular weight is 261 g/mol. The van der Waals surface area contributed by atoms with E-state index < -0.39 is 0 Å². The Morgan fingerprint density at radius 3 is 3.21 bits per heavy atom. The van der Waals surface area contributed by atoms with Crippen molar-refractivity contribution in [1.82, 2.24) is 0 Å². The van der Waals surface area contributed by atoms with Crippen LogP contribution in [0.15, 0.2) is 41.6 Å². The minimum Gasteiger partial charge on any atom is -0.497 e. The predicted molar refractivity (Wildman–Crippen MR) is 76.4 cm³/mol.